The van der Waals surface area contributed by atoms with E-state index in [2.05, 4.69) is 15.3 Å². The molecule has 2 aromatic rings. The molecule has 0 radical (unpaired) electrons. The summed E-state index contributed by atoms with van der Waals surface area (Å²) in [7, 11) is 0. The summed E-state index contributed by atoms with van der Waals surface area (Å²) in [6, 6.07) is 11.1. The molecule has 3 amide bonds. The Hall–Kier alpha value is -3.37. The summed E-state index contributed by atoms with van der Waals surface area (Å²) in [6.45, 7) is 9.11. The minimum Gasteiger partial charge on any atom is -0.379 e. The van der Waals surface area contributed by atoms with Crippen molar-refractivity contribution in [1.82, 2.24) is 20.1 Å². The van der Waals surface area contributed by atoms with Crippen molar-refractivity contribution < 1.29 is 23.1 Å². The summed E-state index contributed by atoms with van der Waals surface area (Å²) in [5, 5.41) is 8.75. The lowest BCUT2D eigenvalue weighted by Gasteiger charge is -2.32. The molecular weight excluding hydrogens is 492 g/mol. The van der Waals surface area contributed by atoms with E-state index in [-0.39, 0.29) is 24.8 Å². The number of ether oxygens (including phenoxy) is 1. The normalized spacial score (nSPS) is 18.3. The average molecular weight is 528 g/mol. The van der Waals surface area contributed by atoms with E-state index < -0.39 is 23.3 Å². The van der Waals surface area contributed by atoms with Gasteiger partial charge in [-0.3, -0.25) is 9.69 Å². The van der Waals surface area contributed by atoms with Crippen molar-refractivity contribution in [2.75, 3.05) is 45.9 Å². The molecule has 2 aromatic carbocycles. The Kier molecular flexibility index (Phi) is 8.73. The van der Waals surface area contributed by atoms with Gasteiger partial charge in [0.15, 0.2) is 0 Å². The predicted molar refractivity (Wildman–Crippen MR) is 141 cm³/mol. The average Bonchev–Trinajstić information content (AvgIpc) is 3.32. The predicted octanol–water partition coefficient (Wildman–Crippen LogP) is 3.78. The first-order valence-electron chi connectivity index (χ1n) is 12.9. The zero-order valence-electron chi connectivity index (χ0n) is 22.1. The van der Waals surface area contributed by atoms with Crippen LogP contribution >= 0.6 is 0 Å². The fourth-order valence-electron chi connectivity index (χ4n) is 4.52. The Bertz CT molecular complexity index is 1160. The zero-order valence-corrected chi connectivity index (χ0v) is 22.1. The summed E-state index contributed by atoms with van der Waals surface area (Å²) in [5.41, 5.74) is 1.04. The molecule has 0 spiro atoms. The molecule has 0 bridgehead atoms. The van der Waals surface area contributed by atoms with Gasteiger partial charge in [-0.25, -0.2) is 18.6 Å². The van der Waals surface area contributed by atoms with E-state index in [1.165, 1.54) is 28.1 Å². The van der Waals surface area contributed by atoms with Gasteiger partial charge in [-0.05, 0) is 44.5 Å². The highest BCUT2D eigenvalue weighted by atomic mass is 19.1. The quantitative estimate of drug-likeness (QED) is 0.595. The Morgan fingerprint density at radius 2 is 1.76 bits per heavy atom. The van der Waals surface area contributed by atoms with Crippen molar-refractivity contribution in [3.8, 4) is 0 Å². The third-order valence-electron chi connectivity index (χ3n) is 6.49. The maximum atomic E-state index is 14.8. The third kappa shape index (κ3) is 7.14. The first-order chi connectivity index (χ1) is 18.1. The first-order valence-corrected chi connectivity index (χ1v) is 12.9. The van der Waals surface area contributed by atoms with Gasteiger partial charge in [-0.2, -0.15) is 5.10 Å². The van der Waals surface area contributed by atoms with Crippen LogP contribution in [0.1, 0.15) is 44.4 Å². The van der Waals surface area contributed by atoms with Gasteiger partial charge in [0.2, 0.25) is 0 Å². The van der Waals surface area contributed by atoms with Gasteiger partial charge in [-0.15, -0.1) is 0 Å². The van der Waals surface area contributed by atoms with E-state index in [0.717, 1.165) is 13.1 Å². The van der Waals surface area contributed by atoms with Crippen molar-refractivity contribution >= 4 is 17.6 Å². The van der Waals surface area contributed by atoms with E-state index in [0.29, 0.717) is 43.1 Å². The number of halogens is 2. The van der Waals surface area contributed by atoms with E-state index >= 15 is 0 Å². The molecule has 1 fully saturated rings. The molecule has 1 N–H and O–H groups in total. The third-order valence-corrected chi connectivity index (χ3v) is 6.49. The number of urea groups is 1. The van der Waals surface area contributed by atoms with Crippen LogP contribution in [-0.4, -0.2) is 83.9 Å². The van der Waals surface area contributed by atoms with Crippen molar-refractivity contribution in [2.45, 2.75) is 38.8 Å². The lowest BCUT2D eigenvalue weighted by molar-refractivity contribution is -0.133. The maximum Gasteiger partial charge on any atom is 0.318 e. The fourth-order valence-corrected chi connectivity index (χ4v) is 4.52. The number of carbonyl (C=O) groups excluding carboxylic acids is 2. The number of nitrogens with one attached hydrogen (secondary N) is 1. The Balaban J connectivity index is 1.58. The Morgan fingerprint density at radius 1 is 1.08 bits per heavy atom. The molecule has 204 valence electrons. The highest BCUT2D eigenvalue weighted by molar-refractivity contribution is 6.03. The number of carbonyl (C=O) groups is 2. The lowest BCUT2D eigenvalue weighted by atomic mass is 9.98. The van der Waals surface area contributed by atoms with Crippen molar-refractivity contribution in [3.63, 3.8) is 0 Å². The number of benzene rings is 2. The number of amides is 3. The SMILES string of the molecule is CC(C)(C)NC(=O)N(CCN1CCOCC1)CC(=O)N1N=C(c2ccc(F)cc2)CC1c1ccccc1F. The van der Waals surface area contributed by atoms with E-state index in [9.17, 15) is 18.4 Å². The molecular formula is C28H35F2N5O3. The molecule has 2 aliphatic heterocycles. The van der Waals surface area contributed by atoms with Crippen LogP contribution < -0.4 is 5.32 Å². The van der Waals surface area contributed by atoms with Crippen molar-refractivity contribution in [1.29, 1.82) is 0 Å². The van der Waals surface area contributed by atoms with Gasteiger partial charge in [0.25, 0.3) is 5.91 Å². The number of hydrazone groups is 1. The first kappa shape index (κ1) is 27.7. The molecule has 2 aliphatic rings. The van der Waals surface area contributed by atoms with Gasteiger partial charge in [0, 0.05) is 43.7 Å². The van der Waals surface area contributed by atoms with E-state index in [1.54, 1.807) is 30.3 Å². The van der Waals surface area contributed by atoms with Crippen LogP contribution in [0, 0.1) is 11.6 Å². The van der Waals surface area contributed by atoms with Crippen LogP contribution in [-0.2, 0) is 9.53 Å². The molecule has 1 saturated heterocycles. The lowest BCUT2D eigenvalue weighted by Crippen LogP contribution is -2.53. The van der Waals surface area contributed by atoms with Crippen molar-refractivity contribution in [2.24, 2.45) is 5.10 Å². The van der Waals surface area contributed by atoms with Gasteiger partial charge in [0.1, 0.15) is 18.2 Å². The molecule has 2 heterocycles. The number of hydrogen-bond acceptors (Lipinski definition) is 5. The highest BCUT2D eigenvalue weighted by Gasteiger charge is 2.36. The zero-order chi connectivity index (χ0) is 27.3. The molecule has 10 heteroatoms. The summed E-state index contributed by atoms with van der Waals surface area (Å²) in [6.07, 6.45) is 0.264. The second kappa shape index (κ2) is 12.0. The minimum absolute atomic E-state index is 0.225. The molecule has 1 unspecified atom stereocenters. The van der Waals surface area contributed by atoms with Gasteiger partial charge in [-0.1, -0.05) is 30.3 Å². The summed E-state index contributed by atoms with van der Waals surface area (Å²) in [5.74, 6) is -1.26. The van der Waals surface area contributed by atoms with Gasteiger partial charge >= 0.3 is 6.03 Å². The van der Waals surface area contributed by atoms with Crippen LogP contribution in [0.4, 0.5) is 13.6 Å². The minimum atomic E-state index is -0.685. The molecule has 38 heavy (non-hydrogen) atoms. The standard InChI is InChI=1S/C28H35F2N5O3/c1-28(2,3)31-27(37)34(13-12-33-14-16-38-17-15-33)19-26(36)35-25(22-6-4-5-7-23(22)30)18-24(32-35)20-8-10-21(29)11-9-20/h4-11,25H,12-19H2,1-3H3,(H,31,37). The van der Waals surface area contributed by atoms with Gasteiger partial charge in [0.05, 0.1) is 25.0 Å². The molecule has 4 rings (SSSR count). The second-order valence-corrected chi connectivity index (χ2v) is 10.6. The monoisotopic (exact) mass is 527 g/mol. The summed E-state index contributed by atoms with van der Waals surface area (Å²) < 4.78 is 33.8. The molecule has 1 atom stereocenters. The summed E-state index contributed by atoms with van der Waals surface area (Å²) >= 11 is 0. The number of hydrogen-bond donors (Lipinski definition) is 1. The van der Waals surface area contributed by atoms with Crippen LogP contribution in [0.5, 0.6) is 0 Å². The Morgan fingerprint density at radius 3 is 2.42 bits per heavy atom. The molecule has 0 saturated carbocycles. The maximum absolute atomic E-state index is 14.8. The van der Waals surface area contributed by atoms with E-state index in [1.807, 2.05) is 20.8 Å². The fraction of sp³-hybridized carbons (Fsp3) is 0.464. The number of morpholine rings is 1. The summed E-state index contributed by atoms with van der Waals surface area (Å²) in [4.78, 5) is 30.5. The van der Waals surface area contributed by atoms with Crippen LogP contribution in [0.3, 0.4) is 0 Å². The molecule has 0 aliphatic carbocycles. The van der Waals surface area contributed by atoms with Crippen LogP contribution in [0.25, 0.3) is 0 Å². The molecule has 0 aromatic heterocycles. The van der Waals surface area contributed by atoms with Crippen LogP contribution in [0.2, 0.25) is 0 Å². The number of rotatable bonds is 7. The Labute approximate surface area is 222 Å². The number of nitrogens with zero attached hydrogens (tertiary/aromatic N) is 4. The largest absolute Gasteiger partial charge is 0.379 e. The van der Waals surface area contributed by atoms with Gasteiger partial charge < -0.3 is 15.0 Å². The smallest absolute Gasteiger partial charge is 0.318 e. The van der Waals surface area contributed by atoms with E-state index in [4.69, 9.17) is 4.74 Å². The highest BCUT2D eigenvalue weighted by Crippen LogP contribution is 2.34. The van der Waals surface area contributed by atoms with Crippen molar-refractivity contribution in [3.05, 3.63) is 71.3 Å². The molecule has 8 nitrogen and oxygen atoms in total. The van der Waals surface area contributed by atoms with Crippen LogP contribution in [0.15, 0.2) is 53.6 Å². The second-order valence-electron chi connectivity index (χ2n) is 10.6. The topological polar surface area (TPSA) is 77.5 Å².